The molecule has 7 nitrogen and oxygen atoms in total. The summed E-state index contributed by atoms with van der Waals surface area (Å²) in [5.74, 6) is 0.669. The first kappa shape index (κ1) is 10.6. The predicted octanol–water partition coefficient (Wildman–Crippen LogP) is -0.402. The van der Waals surface area contributed by atoms with Crippen molar-refractivity contribution < 1.29 is 0 Å². The van der Waals surface area contributed by atoms with Crippen molar-refractivity contribution >= 4 is 0 Å². The number of hydrogen-bond acceptors (Lipinski definition) is 6. The van der Waals surface area contributed by atoms with Crippen LogP contribution in [-0.4, -0.2) is 30.2 Å². The Morgan fingerprint density at radius 3 is 2.75 bits per heavy atom. The lowest BCUT2D eigenvalue weighted by atomic mass is 10.4. The van der Waals surface area contributed by atoms with Crippen LogP contribution in [0.3, 0.4) is 0 Å². The van der Waals surface area contributed by atoms with E-state index < -0.39 is 0 Å². The van der Waals surface area contributed by atoms with E-state index in [1.165, 1.54) is 4.80 Å². The Kier molecular flexibility index (Phi) is 3.16. The molecule has 0 unspecified atom stereocenters. The van der Waals surface area contributed by atoms with Gasteiger partial charge in [-0.3, -0.25) is 9.97 Å². The number of nitrogens with zero attached hydrogens (tertiary/aromatic N) is 6. The van der Waals surface area contributed by atoms with Crippen LogP contribution in [-0.2, 0) is 20.1 Å². The number of rotatable bonds is 4. The largest absolute Gasteiger partial charge is 0.304 e. The molecule has 7 heteroatoms. The zero-order chi connectivity index (χ0) is 11.4. The number of nitrogens with one attached hydrogen (secondary N) is 1. The maximum atomic E-state index is 4.23. The van der Waals surface area contributed by atoms with Crippen LogP contribution in [0, 0.1) is 6.92 Å². The first-order chi connectivity index (χ1) is 7.74. The molecule has 2 rings (SSSR count). The SMILES string of the molecule is Cc1cnc(CNCc2nnn(C)n2)cn1. The van der Waals surface area contributed by atoms with Crippen LogP contribution in [0.5, 0.6) is 0 Å². The standard InChI is InChI=1S/C9H13N7/c1-7-3-12-8(5-11-7)4-10-6-9-13-15-16(2)14-9/h3,5,10H,4,6H2,1-2H3. The Balaban J connectivity index is 1.82. The topological polar surface area (TPSA) is 81.4 Å². The smallest absolute Gasteiger partial charge is 0.188 e. The van der Waals surface area contributed by atoms with Crippen LogP contribution in [0.2, 0.25) is 0 Å². The van der Waals surface area contributed by atoms with Gasteiger partial charge in [-0.15, -0.1) is 10.2 Å². The van der Waals surface area contributed by atoms with Crippen LogP contribution in [0.25, 0.3) is 0 Å². The second kappa shape index (κ2) is 4.75. The summed E-state index contributed by atoms with van der Waals surface area (Å²) in [5.41, 5.74) is 1.81. The first-order valence-electron chi connectivity index (χ1n) is 4.95. The summed E-state index contributed by atoms with van der Waals surface area (Å²) in [6.07, 6.45) is 3.50. The number of tetrazole rings is 1. The molecule has 16 heavy (non-hydrogen) atoms. The minimum Gasteiger partial charge on any atom is -0.304 e. The highest BCUT2D eigenvalue weighted by atomic mass is 15.6. The number of aromatic nitrogens is 6. The third-order valence-electron chi connectivity index (χ3n) is 1.97. The molecule has 0 radical (unpaired) electrons. The maximum Gasteiger partial charge on any atom is 0.188 e. The minimum atomic E-state index is 0.573. The van der Waals surface area contributed by atoms with Crippen molar-refractivity contribution in [3.8, 4) is 0 Å². The monoisotopic (exact) mass is 219 g/mol. The van der Waals surface area contributed by atoms with Gasteiger partial charge in [0.25, 0.3) is 0 Å². The van der Waals surface area contributed by atoms with Crippen molar-refractivity contribution in [1.82, 2.24) is 35.5 Å². The van der Waals surface area contributed by atoms with Crippen molar-refractivity contribution in [3.63, 3.8) is 0 Å². The Morgan fingerprint density at radius 1 is 1.25 bits per heavy atom. The van der Waals surface area contributed by atoms with Crippen molar-refractivity contribution in [2.24, 2.45) is 7.05 Å². The molecule has 2 aromatic rings. The van der Waals surface area contributed by atoms with Crippen molar-refractivity contribution in [2.45, 2.75) is 20.0 Å². The van der Waals surface area contributed by atoms with Gasteiger partial charge in [-0.2, -0.15) is 4.80 Å². The number of aryl methyl sites for hydroxylation is 2. The van der Waals surface area contributed by atoms with E-state index in [0.29, 0.717) is 18.9 Å². The van der Waals surface area contributed by atoms with Crippen LogP contribution in [0.1, 0.15) is 17.2 Å². The molecule has 0 aromatic carbocycles. The van der Waals surface area contributed by atoms with Gasteiger partial charge in [0.15, 0.2) is 5.82 Å². The zero-order valence-corrected chi connectivity index (χ0v) is 9.25. The molecule has 0 spiro atoms. The zero-order valence-electron chi connectivity index (χ0n) is 9.25. The van der Waals surface area contributed by atoms with Crippen molar-refractivity contribution in [1.29, 1.82) is 0 Å². The van der Waals surface area contributed by atoms with Gasteiger partial charge in [-0.1, -0.05) is 0 Å². The van der Waals surface area contributed by atoms with Gasteiger partial charge in [0.05, 0.1) is 25.0 Å². The highest BCUT2D eigenvalue weighted by Crippen LogP contribution is 1.94. The van der Waals surface area contributed by atoms with E-state index in [1.807, 2.05) is 6.92 Å². The molecule has 0 atom stereocenters. The molecule has 1 N–H and O–H groups in total. The van der Waals surface area contributed by atoms with Crippen LogP contribution >= 0.6 is 0 Å². The highest BCUT2D eigenvalue weighted by Gasteiger charge is 2.00. The van der Waals surface area contributed by atoms with E-state index in [2.05, 4.69) is 30.7 Å². The fraction of sp³-hybridized carbons (Fsp3) is 0.444. The average Bonchev–Trinajstić information content (AvgIpc) is 2.67. The first-order valence-corrected chi connectivity index (χ1v) is 4.95. The van der Waals surface area contributed by atoms with E-state index in [9.17, 15) is 0 Å². The quantitative estimate of drug-likeness (QED) is 0.753. The van der Waals surface area contributed by atoms with E-state index in [4.69, 9.17) is 0 Å². The van der Waals surface area contributed by atoms with E-state index in [0.717, 1.165) is 11.4 Å². The molecule has 84 valence electrons. The van der Waals surface area contributed by atoms with Gasteiger partial charge in [0.1, 0.15) is 0 Å². The van der Waals surface area contributed by atoms with Crippen LogP contribution in [0.15, 0.2) is 12.4 Å². The second-order valence-electron chi connectivity index (χ2n) is 3.45. The summed E-state index contributed by atoms with van der Waals surface area (Å²) in [7, 11) is 1.74. The van der Waals surface area contributed by atoms with Gasteiger partial charge in [0.2, 0.25) is 0 Å². The molecule has 0 aliphatic rings. The normalized spacial score (nSPS) is 10.6. The summed E-state index contributed by atoms with van der Waals surface area (Å²) in [6.45, 7) is 3.13. The van der Waals surface area contributed by atoms with Gasteiger partial charge < -0.3 is 5.32 Å². The molecule has 0 saturated carbocycles. The molecule has 0 saturated heterocycles. The van der Waals surface area contributed by atoms with Crippen molar-refractivity contribution in [3.05, 3.63) is 29.6 Å². The lowest BCUT2D eigenvalue weighted by Gasteiger charge is -2.00. The highest BCUT2D eigenvalue weighted by molar-refractivity contribution is 5.00. The van der Waals surface area contributed by atoms with E-state index >= 15 is 0 Å². The lowest BCUT2D eigenvalue weighted by Crippen LogP contribution is -2.15. The molecule has 0 aliphatic heterocycles. The average molecular weight is 219 g/mol. The minimum absolute atomic E-state index is 0.573. The van der Waals surface area contributed by atoms with Gasteiger partial charge in [0, 0.05) is 18.9 Å². The van der Waals surface area contributed by atoms with Crippen molar-refractivity contribution in [2.75, 3.05) is 0 Å². The fourth-order valence-corrected chi connectivity index (χ4v) is 1.21. The summed E-state index contributed by atoms with van der Waals surface area (Å²) in [4.78, 5) is 9.82. The van der Waals surface area contributed by atoms with E-state index in [1.54, 1.807) is 19.4 Å². The molecule has 0 aliphatic carbocycles. The van der Waals surface area contributed by atoms with E-state index in [-0.39, 0.29) is 0 Å². The fourth-order valence-electron chi connectivity index (χ4n) is 1.21. The Labute approximate surface area is 92.9 Å². The summed E-state index contributed by atoms with van der Waals surface area (Å²) in [5, 5.41) is 14.8. The Morgan fingerprint density at radius 2 is 2.12 bits per heavy atom. The summed E-state index contributed by atoms with van der Waals surface area (Å²) < 4.78 is 0. The molecular formula is C9H13N7. The third-order valence-corrected chi connectivity index (χ3v) is 1.97. The van der Waals surface area contributed by atoms with Gasteiger partial charge >= 0.3 is 0 Å². The summed E-state index contributed by atoms with van der Waals surface area (Å²) in [6, 6.07) is 0. The summed E-state index contributed by atoms with van der Waals surface area (Å²) >= 11 is 0. The number of hydrogen-bond donors (Lipinski definition) is 1. The molecule has 0 amide bonds. The van der Waals surface area contributed by atoms with Gasteiger partial charge in [-0.25, -0.2) is 0 Å². The molecule has 2 heterocycles. The van der Waals surface area contributed by atoms with Crippen LogP contribution in [0.4, 0.5) is 0 Å². The Bertz CT molecular complexity index is 447. The maximum absolute atomic E-state index is 4.23. The second-order valence-corrected chi connectivity index (χ2v) is 3.45. The molecule has 0 fully saturated rings. The third kappa shape index (κ3) is 2.80. The van der Waals surface area contributed by atoms with Crippen LogP contribution < -0.4 is 5.32 Å². The lowest BCUT2D eigenvalue weighted by molar-refractivity contribution is 0.617. The Hall–Kier alpha value is -1.89. The predicted molar refractivity (Wildman–Crippen MR) is 56.1 cm³/mol. The molecule has 2 aromatic heterocycles. The molecular weight excluding hydrogens is 206 g/mol. The molecule has 0 bridgehead atoms. The van der Waals surface area contributed by atoms with Gasteiger partial charge in [-0.05, 0) is 12.1 Å².